The van der Waals surface area contributed by atoms with Crippen molar-refractivity contribution >= 4 is 3.21 Å². The van der Waals surface area contributed by atoms with Crippen LogP contribution < -0.4 is 0 Å². The van der Waals surface area contributed by atoms with Crippen molar-refractivity contribution in [3.8, 4) is 11.1 Å². The van der Waals surface area contributed by atoms with E-state index >= 15 is 0 Å². The second kappa shape index (κ2) is 16.2. The van der Waals surface area contributed by atoms with Crippen molar-refractivity contribution in [2.24, 2.45) is 5.92 Å². The second-order valence-electron chi connectivity index (χ2n) is 14.0. The predicted octanol–water partition coefficient (Wildman–Crippen LogP) is 13.1. The quantitative estimate of drug-likeness (QED) is 0.122. The molecule has 0 saturated heterocycles. The fraction of sp³-hybridized carbons (Fsp3) is 0.383. The molecule has 1 heteroatoms. The van der Waals surface area contributed by atoms with E-state index in [0.29, 0.717) is 9.54 Å². The number of benzene rings is 4. The van der Waals surface area contributed by atoms with Crippen LogP contribution in [0.5, 0.6) is 0 Å². The first-order valence-electron chi connectivity index (χ1n) is 19.2. The van der Waals surface area contributed by atoms with Gasteiger partial charge in [-0.05, 0) is 0 Å². The van der Waals surface area contributed by atoms with Crippen molar-refractivity contribution in [1.29, 1.82) is 0 Å². The molecule has 4 aromatic rings. The van der Waals surface area contributed by atoms with Crippen LogP contribution in [0.1, 0.15) is 130 Å². The number of fused-ring (bicyclic) bond motifs is 3. The van der Waals surface area contributed by atoms with Gasteiger partial charge in [0.2, 0.25) is 0 Å². The number of hydrogen-bond donors (Lipinski definition) is 0. The van der Waals surface area contributed by atoms with Crippen LogP contribution in [0.2, 0.25) is 0 Å². The van der Waals surface area contributed by atoms with Crippen LogP contribution in [0.25, 0.3) is 11.1 Å². The summed E-state index contributed by atoms with van der Waals surface area (Å²) in [5.41, 5.74) is 17.5. The fourth-order valence-corrected chi connectivity index (χ4v) is 19.2. The molecule has 48 heavy (non-hydrogen) atoms. The molecule has 4 aromatic carbocycles. The normalized spacial score (nSPS) is 15.7. The third-order valence-electron chi connectivity index (χ3n) is 10.9. The maximum absolute atomic E-state index is 2.92. The van der Waals surface area contributed by atoms with Crippen molar-refractivity contribution < 1.29 is 21.3 Å². The fourth-order valence-electron chi connectivity index (χ4n) is 8.83. The third kappa shape index (κ3) is 6.66. The van der Waals surface area contributed by atoms with Gasteiger partial charge in [-0.2, -0.15) is 0 Å². The van der Waals surface area contributed by atoms with Crippen LogP contribution in [0, 0.1) is 5.92 Å². The number of aryl methyl sites for hydroxylation is 2. The van der Waals surface area contributed by atoms with Gasteiger partial charge >= 0.3 is 301 Å². The van der Waals surface area contributed by atoms with E-state index in [1.54, 1.807) is 25.5 Å². The molecule has 1 unspecified atom stereocenters. The molecule has 248 valence electrons. The minimum absolute atomic E-state index is 0.455. The topological polar surface area (TPSA) is 0 Å². The van der Waals surface area contributed by atoms with Crippen LogP contribution in [0.3, 0.4) is 0 Å². The monoisotopic (exact) mass is 710 g/mol. The van der Waals surface area contributed by atoms with E-state index in [-0.39, 0.29) is 0 Å². The van der Waals surface area contributed by atoms with Gasteiger partial charge in [-0.15, -0.1) is 0 Å². The predicted molar refractivity (Wildman–Crippen MR) is 206 cm³/mol. The van der Waals surface area contributed by atoms with Gasteiger partial charge in [0.25, 0.3) is 0 Å². The van der Waals surface area contributed by atoms with Crippen molar-refractivity contribution in [2.75, 3.05) is 0 Å². The first-order chi connectivity index (χ1) is 23.6. The van der Waals surface area contributed by atoms with E-state index in [4.69, 9.17) is 0 Å². The molecular weight excluding hydrogens is 656 g/mol. The van der Waals surface area contributed by atoms with Gasteiger partial charge in [0.1, 0.15) is 0 Å². The summed E-state index contributed by atoms with van der Waals surface area (Å²) in [6, 6.07) is 38.3. The summed E-state index contributed by atoms with van der Waals surface area (Å²) in [7, 11) is 0. The molecular formula is C47H56Zr. The van der Waals surface area contributed by atoms with Gasteiger partial charge in [0, 0.05) is 0 Å². The Bertz CT molecular complexity index is 1720. The van der Waals surface area contributed by atoms with E-state index in [9.17, 15) is 0 Å². The summed E-state index contributed by atoms with van der Waals surface area (Å²) < 4.78 is 4.10. The molecule has 0 aliphatic heterocycles. The Kier molecular flexibility index (Phi) is 11.8. The second-order valence-corrected chi connectivity index (χ2v) is 20.0. The molecule has 0 spiro atoms. The standard InChI is InChI=1S/C17H17.C17H29.C13H10.Zr/c1-3-12-5-7-16-14(9-12)11-15-10-13(4-2)6-8-17(15)16;1-5-9-14-13-15(10-6-2)17(12-8-4)16(14)11-7-3;1-3-7-12(8-4-1)11-13-9-5-2-6-10-13;/h5-11H,3-4H2,1-2H3;14H,5-12H2,1-4H3;1-10H;. The summed E-state index contributed by atoms with van der Waals surface area (Å²) in [5, 5.41) is 0. The Balaban J connectivity index is 1.82. The Morgan fingerprint density at radius 1 is 0.542 bits per heavy atom. The molecule has 0 nitrogen and oxygen atoms in total. The molecule has 0 heterocycles. The maximum atomic E-state index is 2.64. The molecule has 1 atom stereocenters. The van der Waals surface area contributed by atoms with E-state index in [0.717, 1.165) is 12.8 Å². The minimum atomic E-state index is -2.92. The van der Waals surface area contributed by atoms with Gasteiger partial charge in [0.15, 0.2) is 0 Å². The summed E-state index contributed by atoms with van der Waals surface area (Å²) in [6.07, 6.45) is 12.0. The van der Waals surface area contributed by atoms with Crippen LogP contribution in [0.4, 0.5) is 0 Å². The molecule has 0 bridgehead atoms. The zero-order chi connectivity index (χ0) is 33.6. The molecule has 0 fully saturated rings. The number of hydrogen-bond acceptors (Lipinski definition) is 0. The number of rotatable bonds is 14. The van der Waals surface area contributed by atoms with Gasteiger partial charge in [-0.1, -0.05) is 0 Å². The molecule has 6 rings (SSSR count). The van der Waals surface area contributed by atoms with Crippen LogP contribution in [-0.2, 0) is 34.1 Å². The SMILES string of the molecule is CCCC1=C(CCC)C(CCC)[C]([Zr](=[C](c2ccccc2)c2ccccc2)[CH]2c3cc(CC)ccc3-c3ccc(CC)cc32)=C1CCC. The third-order valence-corrected chi connectivity index (χ3v) is 19.6. The van der Waals surface area contributed by atoms with Gasteiger partial charge < -0.3 is 0 Å². The van der Waals surface area contributed by atoms with Crippen molar-refractivity contribution in [1.82, 2.24) is 0 Å². The molecule has 2 aliphatic rings. The Hall–Kier alpha value is -2.89. The molecule has 2 aliphatic carbocycles. The van der Waals surface area contributed by atoms with E-state index in [1.807, 2.05) is 8.85 Å². The Labute approximate surface area is 299 Å². The van der Waals surface area contributed by atoms with E-state index in [1.165, 1.54) is 84.7 Å². The molecule has 0 N–H and O–H groups in total. The summed E-state index contributed by atoms with van der Waals surface area (Å²) in [6.45, 7) is 14.3. The zero-order valence-electron chi connectivity index (χ0n) is 30.5. The van der Waals surface area contributed by atoms with Gasteiger partial charge in [-0.25, -0.2) is 0 Å². The van der Waals surface area contributed by atoms with E-state index in [2.05, 4.69) is 139 Å². The average Bonchev–Trinajstić information content (AvgIpc) is 3.59. The molecule has 0 amide bonds. The zero-order valence-corrected chi connectivity index (χ0v) is 32.9. The number of allylic oxidation sites excluding steroid dienone is 4. The van der Waals surface area contributed by atoms with Crippen LogP contribution in [-0.4, -0.2) is 3.21 Å². The first kappa shape index (κ1) is 35.0. The van der Waals surface area contributed by atoms with Crippen LogP contribution in [0.15, 0.2) is 117 Å². The van der Waals surface area contributed by atoms with Crippen LogP contribution >= 0.6 is 0 Å². The molecule has 0 saturated carbocycles. The molecule has 0 aromatic heterocycles. The average molecular weight is 712 g/mol. The summed E-state index contributed by atoms with van der Waals surface area (Å²) >= 11 is -2.92. The van der Waals surface area contributed by atoms with Crippen molar-refractivity contribution in [2.45, 2.75) is 109 Å². The van der Waals surface area contributed by atoms with E-state index < -0.39 is 21.3 Å². The summed E-state index contributed by atoms with van der Waals surface area (Å²) in [4.78, 5) is 0. The van der Waals surface area contributed by atoms with Gasteiger partial charge in [0.05, 0.1) is 0 Å². The Morgan fingerprint density at radius 3 is 1.50 bits per heavy atom. The van der Waals surface area contributed by atoms with Crippen molar-refractivity contribution in [3.05, 3.63) is 150 Å². The van der Waals surface area contributed by atoms with Crippen molar-refractivity contribution in [3.63, 3.8) is 0 Å². The Morgan fingerprint density at radius 2 is 1.04 bits per heavy atom. The molecule has 0 radical (unpaired) electrons. The first-order valence-corrected chi connectivity index (χ1v) is 23.0. The summed E-state index contributed by atoms with van der Waals surface area (Å²) in [5.74, 6) is 0.589. The van der Waals surface area contributed by atoms with Gasteiger partial charge in [-0.3, -0.25) is 0 Å².